The van der Waals surface area contributed by atoms with Gasteiger partial charge in [0.15, 0.2) is 0 Å². The first kappa shape index (κ1) is 9.47. The minimum absolute atomic E-state index is 0.794. The molecule has 3 atom stereocenters. The zero-order valence-electron chi connectivity index (χ0n) is 8.59. The van der Waals surface area contributed by atoms with Crippen LogP contribution in [0.4, 0.5) is 0 Å². The fraction of sp³-hybridized carbons (Fsp3) is 1.00. The molecular formula is C11H21NO. The van der Waals surface area contributed by atoms with Crippen molar-refractivity contribution >= 4 is 0 Å². The Kier molecular flexibility index (Phi) is 3.23. The Morgan fingerprint density at radius 3 is 3.08 bits per heavy atom. The standard InChI is InChI=1S/C11H21NO/c1-2-3-10-6-11(10)12-7-9-4-5-13-8-9/h9-12H,2-8H2,1H3. The topological polar surface area (TPSA) is 21.3 Å². The third kappa shape index (κ3) is 2.68. The van der Waals surface area contributed by atoms with Crippen LogP contribution in [0.5, 0.6) is 0 Å². The highest BCUT2D eigenvalue weighted by Gasteiger charge is 2.35. The molecule has 13 heavy (non-hydrogen) atoms. The second-order valence-corrected chi connectivity index (χ2v) is 4.53. The minimum atomic E-state index is 0.794. The Labute approximate surface area is 81.0 Å². The molecule has 1 N–H and O–H groups in total. The molecule has 1 saturated heterocycles. The summed E-state index contributed by atoms with van der Waals surface area (Å²) in [5.41, 5.74) is 0. The number of rotatable bonds is 5. The molecule has 2 rings (SSSR count). The van der Waals surface area contributed by atoms with E-state index in [1.54, 1.807) is 0 Å². The average molecular weight is 183 g/mol. The molecule has 1 aliphatic carbocycles. The summed E-state index contributed by atoms with van der Waals surface area (Å²) in [5.74, 6) is 1.79. The fourth-order valence-electron chi connectivity index (χ4n) is 2.25. The first-order valence-electron chi connectivity index (χ1n) is 5.71. The van der Waals surface area contributed by atoms with E-state index < -0.39 is 0 Å². The third-order valence-electron chi connectivity index (χ3n) is 3.27. The van der Waals surface area contributed by atoms with Gasteiger partial charge in [-0.2, -0.15) is 0 Å². The molecule has 0 bridgehead atoms. The van der Waals surface area contributed by atoms with Crippen LogP contribution in [0.2, 0.25) is 0 Å². The second kappa shape index (κ2) is 4.43. The number of ether oxygens (including phenoxy) is 1. The lowest BCUT2D eigenvalue weighted by Crippen LogP contribution is -2.26. The van der Waals surface area contributed by atoms with Gasteiger partial charge in [0, 0.05) is 19.2 Å². The average Bonchev–Trinajstić information content (AvgIpc) is 2.66. The summed E-state index contributed by atoms with van der Waals surface area (Å²) in [7, 11) is 0. The SMILES string of the molecule is CCCC1CC1NCC1CCOC1. The Hall–Kier alpha value is -0.0800. The maximum atomic E-state index is 5.34. The van der Waals surface area contributed by atoms with Crippen LogP contribution in [0.25, 0.3) is 0 Å². The molecule has 0 aromatic rings. The Balaban J connectivity index is 1.54. The largest absolute Gasteiger partial charge is 0.381 e. The van der Waals surface area contributed by atoms with Crippen molar-refractivity contribution in [1.82, 2.24) is 5.32 Å². The fourth-order valence-corrected chi connectivity index (χ4v) is 2.25. The molecule has 1 heterocycles. The predicted octanol–water partition coefficient (Wildman–Crippen LogP) is 1.80. The van der Waals surface area contributed by atoms with Crippen molar-refractivity contribution in [3.8, 4) is 0 Å². The van der Waals surface area contributed by atoms with Crippen molar-refractivity contribution in [3.63, 3.8) is 0 Å². The molecule has 3 unspecified atom stereocenters. The van der Waals surface area contributed by atoms with E-state index in [0.717, 1.165) is 31.1 Å². The highest BCUT2D eigenvalue weighted by molar-refractivity contribution is 4.93. The lowest BCUT2D eigenvalue weighted by molar-refractivity contribution is 0.185. The summed E-state index contributed by atoms with van der Waals surface area (Å²) in [6.07, 6.45) is 5.44. The predicted molar refractivity (Wildman–Crippen MR) is 53.7 cm³/mol. The van der Waals surface area contributed by atoms with Crippen LogP contribution < -0.4 is 5.32 Å². The van der Waals surface area contributed by atoms with E-state index in [-0.39, 0.29) is 0 Å². The lowest BCUT2D eigenvalue weighted by Gasteiger charge is -2.08. The highest BCUT2D eigenvalue weighted by Crippen LogP contribution is 2.34. The summed E-state index contributed by atoms with van der Waals surface area (Å²) < 4.78 is 5.34. The van der Waals surface area contributed by atoms with E-state index in [1.165, 1.54) is 32.2 Å². The van der Waals surface area contributed by atoms with E-state index in [4.69, 9.17) is 4.74 Å². The van der Waals surface area contributed by atoms with Crippen LogP contribution in [0.15, 0.2) is 0 Å². The molecule has 2 heteroatoms. The lowest BCUT2D eigenvalue weighted by atomic mass is 10.1. The number of hydrogen-bond acceptors (Lipinski definition) is 2. The number of hydrogen-bond donors (Lipinski definition) is 1. The first-order valence-corrected chi connectivity index (χ1v) is 5.71. The highest BCUT2D eigenvalue weighted by atomic mass is 16.5. The van der Waals surface area contributed by atoms with Crippen molar-refractivity contribution < 1.29 is 4.74 Å². The summed E-state index contributed by atoms with van der Waals surface area (Å²) in [6.45, 7) is 5.43. The summed E-state index contributed by atoms with van der Waals surface area (Å²) in [4.78, 5) is 0. The molecule has 1 saturated carbocycles. The Bertz CT molecular complexity index is 154. The molecule has 1 aliphatic heterocycles. The van der Waals surface area contributed by atoms with Crippen LogP contribution >= 0.6 is 0 Å². The van der Waals surface area contributed by atoms with Gasteiger partial charge in [-0.25, -0.2) is 0 Å². The molecule has 2 fully saturated rings. The van der Waals surface area contributed by atoms with Crippen LogP contribution in [-0.2, 0) is 4.74 Å². The quantitative estimate of drug-likeness (QED) is 0.702. The molecule has 0 amide bonds. The second-order valence-electron chi connectivity index (χ2n) is 4.53. The van der Waals surface area contributed by atoms with Crippen molar-refractivity contribution in [1.29, 1.82) is 0 Å². The molecule has 2 aliphatic rings. The third-order valence-corrected chi connectivity index (χ3v) is 3.27. The van der Waals surface area contributed by atoms with Crippen LogP contribution in [-0.4, -0.2) is 25.8 Å². The van der Waals surface area contributed by atoms with E-state index in [1.807, 2.05) is 0 Å². The van der Waals surface area contributed by atoms with Gasteiger partial charge in [0.1, 0.15) is 0 Å². The van der Waals surface area contributed by atoms with Gasteiger partial charge in [0.2, 0.25) is 0 Å². The van der Waals surface area contributed by atoms with Crippen molar-refractivity contribution in [3.05, 3.63) is 0 Å². The maximum Gasteiger partial charge on any atom is 0.0507 e. The van der Waals surface area contributed by atoms with Crippen LogP contribution in [0, 0.1) is 11.8 Å². The Morgan fingerprint density at radius 2 is 2.38 bits per heavy atom. The summed E-state index contributed by atoms with van der Waals surface area (Å²) in [5, 5.41) is 3.65. The normalized spacial score (nSPS) is 38.1. The van der Waals surface area contributed by atoms with Gasteiger partial charge in [-0.15, -0.1) is 0 Å². The van der Waals surface area contributed by atoms with Crippen molar-refractivity contribution in [2.75, 3.05) is 19.8 Å². The van der Waals surface area contributed by atoms with Crippen LogP contribution in [0.1, 0.15) is 32.6 Å². The minimum Gasteiger partial charge on any atom is -0.381 e. The monoisotopic (exact) mass is 183 g/mol. The maximum absolute atomic E-state index is 5.34. The summed E-state index contributed by atoms with van der Waals surface area (Å²) >= 11 is 0. The van der Waals surface area contributed by atoms with E-state index >= 15 is 0 Å². The van der Waals surface area contributed by atoms with Gasteiger partial charge in [-0.1, -0.05) is 13.3 Å². The van der Waals surface area contributed by atoms with Gasteiger partial charge in [-0.05, 0) is 31.1 Å². The van der Waals surface area contributed by atoms with E-state index in [2.05, 4.69) is 12.2 Å². The van der Waals surface area contributed by atoms with E-state index in [0.29, 0.717) is 0 Å². The molecule has 2 nitrogen and oxygen atoms in total. The molecule has 0 aromatic carbocycles. The molecule has 76 valence electrons. The van der Waals surface area contributed by atoms with Crippen LogP contribution in [0.3, 0.4) is 0 Å². The smallest absolute Gasteiger partial charge is 0.0507 e. The number of nitrogens with one attached hydrogen (secondary N) is 1. The van der Waals surface area contributed by atoms with Crippen molar-refractivity contribution in [2.45, 2.75) is 38.6 Å². The van der Waals surface area contributed by atoms with Gasteiger partial charge in [0.25, 0.3) is 0 Å². The molecule has 0 aromatic heterocycles. The van der Waals surface area contributed by atoms with Gasteiger partial charge in [0.05, 0.1) is 6.61 Å². The van der Waals surface area contributed by atoms with Crippen molar-refractivity contribution in [2.24, 2.45) is 11.8 Å². The zero-order chi connectivity index (χ0) is 9.10. The van der Waals surface area contributed by atoms with Gasteiger partial charge < -0.3 is 10.1 Å². The first-order chi connectivity index (χ1) is 6.40. The molecule has 0 radical (unpaired) electrons. The summed E-state index contributed by atoms with van der Waals surface area (Å²) in [6, 6.07) is 0.848. The van der Waals surface area contributed by atoms with Gasteiger partial charge >= 0.3 is 0 Å². The molecule has 0 spiro atoms. The molecular weight excluding hydrogens is 162 g/mol. The van der Waals surface area contributed by atoms with Gasteiger partial charge in [-0.3, -0.25) is 0 Å². The zero-order valence-corrected chi connectivity index (χ0v) is 8.59. The van der Waals surface area contributed by atoms with E-state index in [9.17, 15) is 0 Å². The Morgan fingerprint density at radius 1 is 1.46 bits per heavy atom.